The largest absolute Gasteiger partial charge is 0.444 e. The van der Waals surface area contributed by atoms with E-state index < -0.39 is 11.7 Å². The molecule has 1 rings (SSSR count). The van der Waals surface area contributed by atoms with Crippen LogP contribution in [0.5, 0.6) is 0 Å². The molecule has 7 nitrogen and oxygen atoms in total. The molecule has 9 heteroatoms. The second kappa shape index (κ2) is 12.3. The van der Waals surface area contributed by atoms with Gasteiger partial charge in [-0.2, -0.15) is 0 Å². The van der Waals surface area contributed by atoms with Crippen molar-refractivity contribution in [2.45, 2.75) is 52.6 Å². The average Bonchev–Trinajstić information content (AvgIpc) is 2.95. The molecule has 0 spiro atoms. The normalized spacial score (nSPS) is 11.4. The first-order valence-electron chi connectivity index (χ1n) is 9.03. The maximum atomic E-state index is 12.2. The van der Waals surface area contributed by atoms with Crippen LogP contribution in [0.1, 0.15) is 55.9 Å². The molecule has 0 aliphatic heterocycles. The number of hydrogen-bond donors (Lipinski definition) is 1. The maximum absolute atomic E-state index is 12.2. The zero-order chi connectivity index (χ0) is 20.3. The van der Waals surface area contributed by atoms with Crippen LogP contribution in [-0.2, 0) is 20.6 Å². The van der Waals surface area contributed by atoms with E-state index in [1.165, 1.54) is 11.3 Å². The number of thiazole rings is 1. The Morgan fingerprint density at radius 3 is 2.44 bits per heavy atom. The number of aryl methyl sites for hydroxylation is 1. The van der Waals surface area contributed by atoms with Gasteiger partial charge in [-0.3, -0.25) is 4.79 Å². The Kier molecular flexibility index (Phi) is 10.8. The summed E-state index contributed by atoms with van der Waals surface area (Å²) in [6, 6.07) is 0. The molecule has 0 bridgehead atoms. The van der Waals surface area contributed by atoms with Crippen LogP contribution >= 0.6 is 22.9 Å². The molecule has 154 valence electrons. The molecule has 1 amide bonds. The van der Waals surface area contributed by atoms with E-state index in [1.54, 1.807) is 0 Å². The van der Waals surface area contributed by atoms with E-state index in [0.29, 0.717) is 61.6 Å². The Morgan fingerprint density at radius 1 is 1.15 bits per heavy atom. The van der Waals surface area contributed by atoms with Crippen LogP contribution in [0.25, 0.3) is 0 Å². The second-order valence-electron chi connectivity index (χ2n) is 6.78. The highest BCUT2D eigenvalue weighted by Crippen LogP contribution is 2.24. The number of aromatic nitrogens is 1. The van der Waals surface area contributed by atoms with Crippen LogP contribution in [0.4, 0.5) is 4.79 Å². The Morgan fingerprint density at radius 2 is 1.81 bits per heavy atom. The first-order chi connectivity index (χ1) is 12.7. The van der Waals surface area contributed by atoms with Crippen molar-refractivity contribution in [1.82, 2.24) is 10.3 Å². The number of alkyl carbamates (subject to hydrolysis) is 1. The molecule has 1 heterocycles. The van der Waals surface area contributed by atoms with E-state index in [4.69, 9.17) is 25.8 Å². The molecule has 0 aliphatic rings. The van der Waals surface area contributed by atoms with Gasteiger partial charge in [-0.15, -0.1) is 0 Å². The monoisotopic (exact) mass is 420 g/mol. The van der Waals surface area contributed by atoms with Gasteiger partial charge in [0.2, 0.25) is 0 Å². The number of Topliss-reactive ketones (excluding diaryl/α,β-unsaturated/α-hetero) is 1. The van der Waals surface area contributed by atoms with Crippen molar-refractivity contribution >= 4 is 34.8 Å². The predicted molar refractivity (Wildman–Crippen MR) is 106 cm³/mol. The summed E-state index contributed by atoms with van der Waals surface area (Å²) in [5.74, 6) is 0.0596. The first-order valence-corrected chi connectivity index (χ1v) is 10.2. The number of nitrogens with one attached hydrogen (secondary N) is 1. The number of hydrogen-bond acceptors (Lipinski definition) is 7. The summed E-state index contributed by atoms with van der Waals surface area (Å²) in [6.07, 6.45) is 1.28. The summed E-state index contributed by atoms with van der Waals surface area (Å²) in [4.78, 5) is 28.4. The van der Waals surface area contributed by atoms with Gasteiger partial charge in [0.05, 0.1) is 30.4 Å². The van der Waals surface area contributed by atoms with Crippen molar-refractivity contribution in [3.05, 3.63) is 15.0 Å². The van der Waals surface area contributed by atoms with Crippen LogP contribution in [0.2, 0.25) is 4.47 Å². The number of halogens is 1. The van der Waals surface area contributed by atoms with Crippen molar-refractivity contribution in [3.63, 3.8) is 0 Å². The standard InChI is InChI=1S/C18H29ClN2O5S/c1-5-13-15(27-16(19)21-13)14(22)7-6-9-24-11-12-25-10-8-20-17(23)26-18(2,3)4/h5-12H2,1-4H3,(H,20,23). The lowest BCUT2D eigenvalue weighted by Gasteiger charge is -2.19. The lowest BCUT2D eigenvalue weighted by atomic mass is 10.1. The highest BCUT2D eigenvalue weighted by molar-refractivity contribution is 7.17. The molecule has 1 aromatic rings. The predicted octanol–water partition coefficient (Wildman–Crippen LogP) is 3.88. The molecule has 0 fully saturated rings. The van der Waals surface area contributed by atoms with Crippen molar-refractivity contribution in [2.24, 2.45) is 0 Å². The maximum Gasteiger partial charge on any atom is 0.407 e. The minimum Gasteiger partial charge on any atom is -0.444 e. The van der Waals surface area contributed by atoms with Gasteiger partial charge in [-0.1, -0.05) is 29.9 Å². The topological polar surface area (TPSA) is 86.8 Å². The number of carbonyl (C=O) groups excluding carboxylic acids is 2. The molecule has 1 N–H and O–H groups in total. The minimum absolute atomic E-state index is 0.0596. The van der Waals surface area contributed by atoms with Crippen LogP contribution in [0.3, 0.4) is 0 Å². The first kappa shape index (κ1) is 23.8. The number of ketones is 1. The summed E-state index contributed by atoms with van der Waals surface area (Å²) in [7, 11) is 0. The SMILES string of the molecule is CCc1nc(Cl)sc1C(=O)CCCOCCOCCNC(=O)OC(C)(C)C. The van der Waals surface area contributed by atoms with Crippen LogP contribution < -0.4 is 5.32 Å². The Hall–Kier alpha value is -1.22. The molecular weight excluding hydrogens is 392 g/mol. The van der Waals surface area contributed by atoms with E-state index in [0.717, 1.165) is 5.69 Å². The third kappa shape index (κ3) is 10.6. The van der Waals surface area contributed by atoms with E-state index in [2.05, 4.69) is 10.3 Å². The van der Waals surface area contributed by atoms with Crippen molar-refractivity contribution in [3.8, 4) is 0 Å². The molecule has 0 unspecified atom stereocenters. The van der Waals surface area contributed by atoms with Gasteiger partial charge >= 0.3 is 6.09 Å². The smallest absolute Gasteiger partial charge is 0.407 e. The third-order valence-corrected chi connectivity index (χ3v) is 4.48. The fourth-order valence-electron chi connectivity index (χ4n) is 2.09. The number of ether oxygens (including phenoxy) is 3. The summed E-state index contributed by atoms with van der Waals surface area (Å²) in [6.45, 7) is 9.48. The summed E-state index contributed by atoms with van der Waals surface area (Å²) in [5, 5.41) is 2.61. The molecule has 0 atom stereocenters. The van der Waals surface area contributed by atoms with Crippen molar-refractivity contribution < 1.29 is 23.8 Å². The molecule has 0 radical (unpaired) electrons. The molecule has 27 heavy (non-hydrogen) atoms. The van der Waals surface area contributed by atoms with Gasteiger partial charge in [0.15, 0.2) is 10.3 Å². The Balaban J connectivity index is 2.00. The number of rotatable bonds is 12. The van der Waals surface area contributed by atoms with Crippen molar-refractivity contribution in [1.29, 1.82) is 0 Å². The molecule has 0 saturated carbocycles. The van der Waals surface area contributed by atoms with Gasteiger partial charge in [0.25, 0.3) is 0 Å². The number of carbonyl (C=O) groups is 2. The minimum atomic E-state index is -0.509. The average molecular weight is 421 g/mol. The fraction of sp³-hybridized carbons (Fsp3) is 0.722. The van der Waals surface area contributed by atoms with Crippen molar-refractivity contribution in [2.75, 3.05) is 33.0 Å². The molecule has 1 aromatic heterocycles. The second-order valence-corrected chi connectivity index (χ2v) is 8.36. The van der Waals surface area contributed by atoms with Crippen LogP contribution in [0, 0.1) is 0 Å². The fourth-order valence-corrected chi connectivity index (χ4v) is 3.27. The molecule has 0 aromatic carbocycles. The lowest BCUT2D eigenvalue weighted by Crippen LogP contribution is -2.34. The van der Waals surface area contributed by atoms with Crippen LogP contribution in [0.15, 0.2) is 0 Å². The van der Waals surface area contributed by atoms with Gasteiger partial charge in [0.1, 0.15) is 5.60 Å². The van der Waals surface area contributed by atoms with Gasteiger partial charge < -0.3 is 19.5 Å². The highest BCUT2D eigenvalue weighted by Gasteiger charge is 2.16. The van der Waals surface area contributed by atoms with E-state index in [-0.39, 0.29) is 5.78 Å². The highest BCUT2D eigenvalue weighted by atomic mass is 35.5. The van der Waals surface area contributed by atoms with Gasteiger partial charge in [-0.25, -0.2) is 9.78 Å². The molecule has 0 aliphatic carbocycles. The summed E-state index contributed by atoms with van der Waals surface area (Å²) >= 11 is 7.11. The summed E-state index contributed by atoms with van der Waals surface area (Å²) in [5.41, 5.74) is 0.258. The molecular formula is C18H29ClN2O5S. The van der Waals surface area contributed by atoms with Crippen LogP contribution in [-0.4, -0.2) is 55.4 Å². The van der Waals surface area contributed by atoms with E-state index in [1.807, 2.05) is 27.7 Å². The third-order valence-electron chi connectivity index (χ3n) is 3.24. The van der Waals surface area contributed by atoms with Gasteiger partial charge in [0, 0.05) is 19.6 Å². The number of nitrogens with zero attached hydrogens (tertiary/aromatic N) is 1. The zero-order valence-corrected chi connectivity index (χ0v) is 18.0. The number of amides is 1. The van der Waals surface area contributed by atoms with E-state index in [9.17, 15) is 9.59 Å². The molecule has 0 saturated heterocycles. The summed E-state index contributed by atoms with van der Waals surface area (Å²) < 4.78 is 16.3. The quantitative estimate of drug-likeness (QED) is 0.408. The lowest BCUT2D eigenvalue weighted by molar-refractivity contribution is 0.0389. The Bertz CT molecular complexity index is 601. The van der Waals surface area contributed by atoms with E-state index >= 15 is 0 Å². The zero-order valence-electron chi connectivity index (χ0n) is 16.4. The van der Waals surface area contributed by atoms with Gasteiger partial charge in [-0.05, 0) is 33.6 Å². The Labute approximate surface area is 169 Å².